The van der Waals surface area contributed by atoms with Crippen LogP contribution in [-0.2, 0) is 9.53 Å². The summed E-state index contributed by atoms with van der Waals surface area (Å²) < 4.78 is 10.1. The quantitative estimate of drug-likeness (QED) is 0.664. The maximum atomic E-state index is 12.2. The van der Waals surface area contributed by atoms with Gasteiger partial charge in [0.25, 0.3) is 0 Å². The lowest BCUT2D eigenvalue weighted by molar-refractivity contribution is -0.114. The summed E-state index contributed by atoms with van der Waals surface area (Å²) in [5, 5.41) is 2.64. The molecule has 7 nitrogen and oxygen atoms in total. The van der Waals surface area contributed by atoms with Gasteiger partial charge in [0.2, 0.25) is 5.91 Å². The number of nitrogens with one attached hydrogen (secondary N) is 1. The lowest BCUT2D eigenvalue weighted by Crippen LogP contribution is -2.12. The van der Waals surface area contributed by atoms with Crippen molar-refractivity contribution in [3.8, 4) is 28.3 Å². The Bertz CT molecular complexity index is 1060. The van der Waals surface area contributed by atoms with Gasteiger partial charge < -0.3 is 14.8 Å². The Kier molecular flexibility index (Phi) is 5.87. The molecule has 2 aromatic carbocycles. The van der Waals surface area contributed by atoms with Crippen LogP contribution in [0.25, 0.3) is 22.5 Å². The number of benzene rings is 2. The highest BCUT2D eigenvalue weighted by molar-refractivity contribution is 6.01. The number of methoxy groups -OCH3 is 2. The van der Waals surface area contributed by atoms with E-state index in [0.29, 0.717) is 22.8 Å². The van der Waals surface area contributed by atoms with Gasteiger partial charge in [-0.25, -0.2) is 14.8 Å². The standard InChI is InChI=1S/C22H21N3O4/c1-13-23-20(15-5-8-17(28-3)9-6-15)12-21(24-13)16-7-10-19(25-14(2)26)18(11-16)22(27)29-4/h5-12H,1-4H3,(H,25,26). The molecule has 29 heavy (non-hydrogen) atoms. The Morgan fingerprint density at radius 1 is 0.897 bits per heavy atom. The topological polar surface area (TPSA) is 90.4 Å². The largest absolute Gasteiger partial charge is 0.497 e. The molecule has 0 saturated heterocycles. The number of nitrogens with zero attached hydrogens (tertiary/aromatic N) is 2. The lowest BCUT2D eigenvalue weighted by Gasteiger charge is -2.12. The summed E-state index contributed by atoms with van der Waals surface area (Å²) in [7, 11) is 2.91. The highest BCUT2D eigenvalue weighted by atomic mass is 16.5. The van der Waals surface area contributed by atoms with E-state index in [0.717, 1.165) is 17.0 Å². The second-order valence-electron chi connectivity index (χ2n) is 6.35. The summed E-state index contributed by atoms with van der Waals surface area (Å²) in [6.45, 7) is 3.19. The Morgan fingerprint density at radius 3 is 2.10 bits per heavy atom. The van der Waals surface area contributed by atoms with Crippen molar-refractivity contribution >= 4 is 17.6 Å². The van der Waals surface area contributed by atoms with Crippen molar-refractivity contribution in [2.45, 2.75) is 13.8 Å². The van der Waals surface area contributed by atoms with Gasteiger partial charge in [-0.15, -0.1) is 0 Å². The summed E-state index contributed by atoms with van der Waals surface area (Å²) in [5.41, 5.74) is 3.67. The predicted octanol–water partition coefficient (Wildman–Crippen LogP) is 3.87. The number of aryl methyl sites for hydroxylation is 1. The molecule has 0 aliphatic carbocycles. The Labute approximate surface area is 168 Å². The molecule has 0 radical (unpaired) electrons. The molecule has 1 amide bonds. The number of carbonyl (C=O) groups excluding carboxylic acids is 2. The maximum absolute atomic E-state index is 12.2. The van der Waals surface area contributed by atoms with E-state index in [1.54, 1.807) is 25.3 Å². The molecule has 3 aromatic rings. The van der Waals surface area contributed by atoms with Crippen molar-refractivity contribution in [1.29, 1.82) is 0 Å². The summed E-state index contributed by atoms with van der Waals surface area (Å²) in [6, 6.07) is 14.5. The van der Waals surface area contributed by atoms with Crippen molar-refractivity contribution in [3.63, 3.8) is 0 Å². The van der Waals surface area contributed by atoms with Crippen molar-refractivity contribution in [3.05, 3.63) is 59.9 Å². The van der Waals surface area contributed by atoms with E-state index in [2.05, 4.69) is 15.3 Å². The first-order valence-corrected chi connectivity index (χ1v) is 8.91. The van der Waals surface area contributed by atoms with Crippen LogP contribution in [0.5, 0.6) is 5.75 Å². The van der Waals surface area contributed by atoms with Crippen molar-refractivity contribution < 1.29 is 19.1 Å². The average molecular weight is 391 g/mol. The van der Waals surface area contributed by atoms with Crippen LogP contribution in [0.3, 0.4) is 0 Å². The molecule has 0 fully saturated rings. The fourth-order valence-corrected chi connectivity index (χ4v) is 2.91. The summed E-state index contributed by atoms with van der Waals surface area (Å²) >= 11 is 0. The Hall–Kier alpha value is -3.74. The zero-order valence-electron chi connectivity index (χ0n) is 16.6. The fraction of sp³-hybridized carbons (Fsp3) is 0.182. The summed E-state index contributed by atoms with van der Waals surface area (Å²) in [5.74, 6) is 0.536. The van der Waals surface area contributed by atoms with E-state index in [9.17, 15) is 9.59 Å². The van der Waals surface area contributed by atoms with Crippen LogP contribution in [0, 0.1) is 6.92 Å². The number of anilines is 1. The molecule has 7 heteroatoms. The molecule has 0 saturated carbocycles. The third-order valence-electron chi connectivity index (χ3n) is 4.26. The molecule has 0 bridgehead atoms. The lowest BCUT2D eigenvalue weighted by atomic mass is 10.0. The second kappa shape index (κ2) is 8.52. The van der Waals surface area contributed by atoms with Crippen molar-refractivity contribution in [2.75, 3.05) is 19.5 Å². The van der Waals surface area contributed by atoms with Gasteiger partial charge in [-0.3, -0.25) is 4.79 Å². The zero-order chi connectivity index (χ0) is 21.0. The molecule has 1 heterocycles. The van der Waals surface area contributed by atoms with E-state index in [4.69, 9.17) is 9.47 Å². The number of carbonyl (C=O) groups is 2. The zero-order valence-corrected chi connectivity index (χ0v) is 16.6. The number of ether oxygens (including phenoxy) is 2. The van der Waals surface area contributed by atoms with E-state index >= 15 is 0 Å². The molecule has 148 valence electrons. The predicted molar refractivity (Wildman–Crippen MR) is 110 cm³/mol. The van der Waals surface area contributed by atoms with Gasteiger partial charge >= 0.3 is 5.97 Å². The number of rotatable bonds is 5. The van der Waals surface area contributed by atoms with E-state index < -0.39 is 5.97 Å². The first-order valence-electron chi connectivity index (χ1n) is 8.91. The van der Waals surface area contributed by atoms with Crippen molar-refractivity contribution in [1.82, 2.24) is 9.97 Å². The SMILES string of the molecule is COC(=O)c1cc(-c2cc(-c3ccc(OC)cc3)nc(C)n2)ccc1NC(C)=O. The number of amides is 1. The third kappa shape index (κ3) is 4.57. The summed E-state index contributed by atoms with van der Waals surface area (Å²) in [6.07, 6.45) is 0. The number of hydrogen-bond donors (Lipinski definition) is 1. The van der Waals surface area contributed by atoms with Gasteiger partial charge in [0.15, 0.2) is 0 Å². The number of aromatic nitrogens is 2. The molecule has 0 atom stereocenters. The van der Waals surface area contributed by atoms with Crippen LogP contribution in [0.2, 0.25) is 0 Å². The molecule has 0 unspecified atom stereocenters. The molecule has 0 spiro atoms. The van der Waals surface area contributed by atoms with Gasteiger partial charge in [0.05, 0.1) is 36.9 Å². The average Bonchev–Trinajstić information content (AvgIpc) is 2.72. The van der Waals surface area contributed by atoms with Gasteiger partial charge in [-0.2, -0.15) is 0 Å². The molecule has 1 N–H and O–H groups in total. The first kappa shape index (κ1) is 20.0. The smallest absolute Gasteiger partial charge is 0.339 e. The minimum absolute atomic E-state index is 0.252. The Balaban J connectivity index is 2.06. The molecular formula is C22H21N3O4. The van der Waals surface area contributed by atoms with Crippen LogP contribution in [-0.4, -0.2) is 36.1 Å². The second-order valence-corrected chi connectivity index (χ2v) is 6.35. The number of esters is 1. The van der Waals surface area contributed by atoms with Crippen molar-refractivity contribution in [2.24, 2.45) is 0 Å². The molecule has 1 aromatic heterocycles. The highest BCUT2D eigenvalue weighted by Gasteiger charge is 2.16. The van der Waals surface area contributed by atoms with Crippen LogP contribution < -0.4 is 10.1 Å². The van der Waals surface area contributed by atoms with Crippen LogP contribution >= 0.6 is 0 Å². The van der Waals surface area contributed by atoms with Gasteiger partial charge in [-0.1, -0.05) is 6.07 Å². The van der Waals surface area contributed by atoms with E-state index in [-0.39, 0.29) is 11.5 Å². The fourth-order valence-electron chi connectivity index (χ4n) is 2.91. The molecule has 0 aliphatic rings. The maximum Gasteiger partial charge on any atom is 0.339 e. The molecule has 3 rings (SSSR count). The van der Waals surface area contributed by atoms with Gasteiger partial charge in [-0.05, 0) is 49.4 Å². The normalized spacial score (nSPS) is 10.3. The Morgan fingerprint density at radius 2 is 1.52 bits per heavy atom. The van der Waals surface area contributed by atoms with Gasteiger partial charge in [0, 0.05) is 18.1 Å². The van der Waals surface area contributed by atoms with Crippen LogP contribution in [0.15, 0.2) is 48.5 Å². The number of hydrogen-bond acceptors (Lipinski definition) is 6. The minimum atomic E-state index is -0.545. The first-order chi connectivity index (χ1) is 13.9. The van der Waals surface area contributed by atoms with Crippen LogP contribution in [0.4, 0.5) is 5.69 Å². The van der Waals surface area contributed by atoms with Crippen LogP contribution in [0.1, 0.15) is 23.1 Å². The minimum Gasteiger partial charge on any atom is -0.497 e. The van der Waals surface area contributed by atoms with Gasteiger partial charge in [0.1, 0.15) is 11.6 Å². The highest BCUT2D eigenvalue weighted by Crippen LogP contribution is 2.28. The molecular weight excluding hydrogens is 370 g/mol. The third-order valence-corrected chi connectivity index (χ3v) is 4.26. The van der Waals surface area contributed by atoms with E-state index in [1.165, 1.54) is 14.0 Å². The molecule has 0 aliphatic heterocycles. The van der Waals surface area contributed by atoms with E-state index in [1.807, 2.05) is 37.3 Å². The summed E-state index contributed by atoms with van der Waals surface area (Å²) in [4.78, 5) is 32.6. The monoisotopic (exact) mass is 391 g/mol.